The Morgan fingerprint density at radius 1 is 0.880 bits per heavy atom. The van der Waals surface area contributed by atoms with E-state index >= 15 is 0 Å². The molecule has 0 aliphatic rings. The third-order valence-corrected chi connectivity index (χ3v) is 4.26. The zero-order chi connectivity index (χ0) is 18.8. The van der Waals surface area contributed by atoms with E-state index in [2.05, 4.69) is 39.6 Å². The molecule has 0 aliphatic heterocycles. The van der Waals surface area contributed by atoms with Crippen LogP contribution >= 0.6 is 0 Å². The molecule has 25 heavy (non-hydrogen) atoms. The molecule has 0 N–H and O–H groups in total. The molecule has 1 rings (SSSR count). The Morgan fingerprint density at radius 2 is 1.44 bits per heavy atom. The van der Waals surface area contributed by atoms with E-state index in [9.17, 15) is 0 Å². The van der Waals surface area contributed by atoms with Crippen LogP contribution in [0, 0.1) is 0 Å². The first-order valence-electron chi connectivity index (χ1n) is 10.3. The lowest BCUT2D eigenvalue weighted by molar-refractivity contribution is -0.870. The molecule has 2 nitrogen and oxygen atoms in total. The summed E-state index contributed by atoms with van der Waals surface area (Å²) < 4.78 is 1.12. The molecule has 144 valence electrons. The summed E-state index contributed by atoms with van der Waals surface area (Å²) in [4.78, 5) is 4.10. The van der Waals surface area contributed by atoms with Gasteiger partial charge in [-0.3, -0.25) is 4.98 Å². The Morgan fingerprint density at radius 3 is 1.88 bits per heavy atom. The second-order valence-corrected chi connectivity index (χ2v) is 8.01. The topological polar surface area (TPSA) is 12.9 Å². The van der Waals surface area contributed by atoms with Crippen molar-refractivity contribution in [2.45, 2.75) is 77.6 Å². The first kappa shape index (κ1) is 23.9. The third kappa shape index (κ3) is 19.0. The van der Waals surface area contributed by atoms with Crippen molar-refractivity contribution < 1.29 is 4.48 Å². The molecular formula is C23H43N2+. The number of allylic oxidation sites excluding steroid dienone is 1. The molecule has 0 aliphatic carbocycles. The molecule has 1 aromatic rings. The van der Waals surface area contributed by atoms with E-state index in [1.807, 2.05) is 24.3 Å². The number of quaternary nitrogens is 1. The lowest BCUT2D eigenvalue weighted by Gasteiger charge is -2.23. The Hall–Kier alpha value is -1.15. The van der Waals surface area contributed by atoms with E-state index in [-0.39, 0.29) is 0 Å². The first-order chi connectivity index (χ1) is 12.0. The minimum atomic E-state index is 0.862. The van der Waals surface area contributed by atoms with Gasteiger partial charge < -0.3 is 4.48 Å². The van der Waals surface area contributed by atoms with Gasteiger partial charge in [0.05, 0.1) is 27.7 Å². The van der Waals surface area contributed by atoms with Crippen LogP contribution in [0.15, 0.2) is 37.1 Å². The summed E-state index contributed by atoms with van der Waals surface area (Å²) in [5.41, 5.74) is 1.08. The fourth-order valence-corrected chi connectivity index (χ4v) is 2.74. The van der Waals surface area contributed by atoms with Gasteiger partial charge >= 0.3 is 0 Å². The molecule has 0 radical (unpaired) electrons. The Labute approximate surface area is 158 Å². The second-order valence-electron chi connectivity index (χ2n) is 8.01. The van der Waals surface area contributed by atoms with Gasteiger partial charge in [0.25, 0.3) is 0 Å². The van der Waals surface area contributed by atoms with Crippen molar-refractivity contribution in [1.82, 2.24) is 4.98 Å². The standard InChI is InChI=1S/C15H34N.C8H9N/c1-5-6-7-8-9-10-11-12-13-14-15-16(2,3)4;1-2-5-8-6-3-4-7-9-8/h5-15H2,1-4H3;2-4,6-7H,1,5H2/q+1;. The summed E-state index contributed by atoms with van der Waals surface area (Å²) in [6.07, 6.45) is 18.9. The van der Waals surface area contributed by atoms with Crippen molar-refractivity contribution in [3.05, 3.63) is 42.7 Å². The normalized spacial score (nSPS) is 10.9. The summed E-state index contributed by atoms with van der Waals surface area (Å²) in [6, 6.07) is 5.88. The van der Waals surface area contributed by atoms with Crippen LogP contribution in [0.2, 0.25) is 0 Å². The highest BCUT2D eigenvalue weighted by atomic mass is 15.3. The molecule has 0 atom stereocenters. The van der Waals surface area contributed by atoms with Gasteiger partial charge in [0.15, 0.2) is 0 Å². The van der Waals surface area contributed by atoms with Gasteiger partial charge in [-0.2, -0.15) is 0 Å². The molecule has 0 aromatic carbocycles. The highest BCUT2D eigenvalue weighted by Crippen LogP contribution is 2.11. The molecule has 0 unspecified atom stereocenters. The molecule has 1 aromatic heterocycles. The van der Waals surface area contributed by atoms with Gasteiger partial charge in [-0.05, 0) is 25.0 Å². The van der Waals surface area contributed by atoms with Gasteiger partial charge in [-0.1, -0.05) is 70.4 Å². The number of hydrogen-bond donors (Lipinski definition) is 0. The van der Waals surface area contributed by atoms with Crippen molar-refractivity contribution in [1.29, 1.82) is 0 Å². The fraction of sp³-hybridized carbons (Fsp3) is 0.696. The van der Waals surface area contributed by atoms with Gasteiger partial charge in [0.1, 0.15) is 0 Å². The largest absolute Gasteiger partial charge is 0.331 e. The predicted octanol–water partition coefficient (Wildman–Crippen LogP) is 6.42. The summed E-state index contributed by atoms with van der Waals surface area (Å²) >= 11 is 0. The van der Waals surface area contributed by atoms with Crippen LogP contribution in [0.5, 0.6) is 0 Å². The van der Waals surface area contributed by atoms with Crippen LogP contribution in [0.4, 0.5) is 0 Å². The van der Waals surface area contributed by atoms with E-state index in [0.29, 0.717) is 0 Å². The Kier molecular flexibility index (Phi) is 15.6. The van der Waals surface area contributed by atoms with Crippen LogP contribution in [-0.4, -0.2) is 37.2 Å². The number of pyridine rings is 1. The molecule has 0 saturated heterocycles. The summed E-state index contributed by atoms with van der Waals surface area (Å²) in [7, 11) is 6.86. The number of aromatic nitrogens is 1. The minimum Gasteiger partial charge on any atom is -0.331 e. The van der Waals surface area contributed by atoms with E-state index in [4.69, 9.17) is 0 Å². The maximum atomic E-state index is 4.10. The van der Waals surface area contributed by atoms with Crippen molar-refractivity contribution in [2.75, 3.05) is 27.7 Å². The fourth-order valence-electron chi connectivity index (χ4n) is 2.74. The molecule has 0 bridgehead atoms. The lowest BCUT2D eigenvalue weighted by atomic mass is 10.1. The van der Waals surface area contributed by atoms with E-state index < -0.39 is 0 Å². The average molecular weight is 348 g/mol. The smallest absolute Gasteiger partial charge is 0.0780 e. The maximum absolute atomic E-state index is 4.10. The number of unbranched alkanes of at least 4 members (excludes halogenated alkanes) is 9. The molecule has 2 heteroatoms. The summed E-state index contributed by atoms with van der Waals surface area (Å²) in [5, 5.41) is 0. The van der Waals surface area contributed by atoms with Crippen LogP contribution < -0.4 is 0 Å². The SMILES string of the molecule is C=CCc1ccccn1.CCCCCCCCCCCC[N+](C)(C)C. The highest BCUT2D eigenvalue weighted by molar-refractivity contribution is 5.06. The molecule has 0 fully saturated rings. The number of nitrogens with zero attached hydrogens (tertiary/aromatic N) is 2. The van der Waals surface area contributed by atoms with Gasteiger partial charge in [-0.25, -0.2) is 0 Å². The summed E-state index contributed by atoms with van der Waals surface area (Å²) in [6.45, 7) is 7.23. The van der Waals surface area contributed by atoms with E-state index in [1.165, 1.54) is 70.8 Å². The van der Waals surface area contributed by atoms with Crippen molar-refractivity contribution in [3.8, 4) is 0 Å². The molecule has 0 amide bonds. The molecule has 1 heterocycles. The first-order valence-corrected chi connectivity index (χ1v) is 10.3. The molecule has 0 saturated carbocycles. The molecular weight excluding hydrogens is 304 g/mol. The van der Waals surface area contributed by atoms with Crippen LogP contribution in [0.1, 0.15) is 76.8 Å². The lowest BCUT2D eigenvalue weighted by Crippen LogP contribution is -2.35. The minimum absolute atomic E-state index is 0.862. The quantitative estimate of drug-likeness (QED) is 0.228. The number of rotatable bonds is 13. The highest BCUT2D eigenvalue weighted by Gasteiger charge is 2.04. The Bertz CT molecular complexity index is 392. The third-order valence-electron chi connectivity index (χ3n) is 4.26. The van der Waals surface area contributed by atoms with Gasteiger partial charge in [-0.15, -0.1) is 6.58 Å². The van der Waals surface area contributed by atoms with Crippen molar-refractivity contribution in [3.63, 3.8) is 0 Å². The summed E-state index contributed by atoms with van der Waals surface area (Å²) in [5.74, 6) is 0. The second kappa shape index (κ2) is 16.3. The van der Waals surface area contributed by atoms with Gasteiger partial charge in [0, 0.05) is 18.3 Å². The van der Waals surface area contributed by atoms with Crippen molar-refractivity contribution in [2.24, 2.45) is 0 Å². The Balaban J connectivity index is 0.000000535. The average Bonchev–Trinajstić information content (AvgIpc) is 2.57. The van der Waals surface area contributed by atoms with Gasteiger partial charge in [0.2, 0.25) is 0 Å². The van der Waals surface area contributed by atoms with Crippen LogP contribution in [0.3, 0.4) is 0 Å². The number of hydrogen-bond acceptors (Lipinski definition) is 1. The maximum Gasteiger partial charge on any atom is 0.0780 e. The van der Waals surface area contributed by atoms with E-state index in [1.54, 1.807) is 6.20 Å². The van der Waals surface area contributed by atoms with Crippen LogP contribution in [-0.2, 0) is 6.42 Å². The van der Waals surface area contributed by atoms with E-state index in [0.717, 1.165) is 16.6 Å². The van der Waals surface area contributed by atoms with Crippen molar-refractivity contribution >= 4 is 0 Å². The monoisotopic (exact) mass is 347 g/mol. The zero-order valence-electron chi connectivity index (χ0n) is 17.5. The zero-order valence-corrected chi connectivity index (χ0v) is 17.5. The predicted molar refractivity (Wildman–Crippen MR) is 113 cm³/mol. The molecule has 0 spiro atoms. The van der Waals surface area contributed by atoms with Crippen LogP contribution in [0.25, 0.3) is 0 Å².